The molecule has 6 heteroatoms. The molecule has 1 heterocycles. The van der Waals surface area contributed by atoms with Crippen LogP contribution in [0.4, 0.5) is 8.78 Å². The summed E-state index contributed by atoms with van der Waals surface area (Å²) in [4.78, 5) is 26.7. The van der Waals surface area contributed by atoms with Crippen molar-refractivity contribution in [2.45, 2.75) is 26.3 Å². The maximum atomic E-state index is 14.8. The van der Waals surface area contributed by atoms with Gasteiger partial charge in [0.15, 0.2) is 0 Å². The molecule has 0 radical (unpaired) electrons. The molecule has 0 unspecified atom stereocenters. The van der Waals surface area contributed by atoms with Gasteiger partial charge in [0.2, 0.25) is 0 Å². The average Bonchev–Trinajstić information content (AvgIpc) is 2.79. The van der Waals surface area contributed by atoms with Crippen LogP contribution in [0.2, 0.25) is 0 Å². The highest BCUT2D eigenvalue weighted by Gasteiger charge is 2.24. The standard InChI is InChI=1S/C26H22F2N2O2/c1-3-22(17-8-5-4-6-9-17)29-25(31)23-16(2)30(19-14-12-18(27)13-15-19)26(32)24-20(23)10-7-11-21(24)28/h4-15,22H,3H2,1-2H3,(H,29,31)/t22-/m0/s1. The number of amides is 1. The van der Waals surface area contributed by atoms with Crippen LogP contribution in [0.25, 0.3) is 16.5 Å². The smallest absolute Gasteiger partial charge is 0.266 e. The lowest BCUT2D eigenvalue weighted by Crippen LogP contribution is -2.32. The molecule has 1 amide bonds. The van der Waals surface area contributed by atoms with Gasteiger partial charge in [-0.2, -0.15) is 0 Å². The fourth-order valence-corrected chi connectivity index (χ4v) is 4.05. The van der Waals surface area contributed by atoms with Gasteiger partial charge in [-0.05, 0) is 49.2 Å². The van der Waals surface area contributed by atoms with Gasteiger partial charge in [0.1, 0.15) is 11.6 Å². The number of carbonyl (C=O) groups excluding carboxylic acids is 1. The second-order valence-corrected chi connectivity index (χ2v) is 7.58. The van der Waals surface area contributed by atoms with Crippen molar-refractivity contribution < 1.29 is 13.6 Å². The Morgan fingerprint density at radius 1 is 0.969 bits per heavy atom. The number of benzene rings is 3. The fourth-order valence-electron chi connectivity index (χ4n) is 4.05. The van der Waals surface area contributed by atoms with Gasteiger partial charge in [-0.15, -0.1) is 0 Å². The molecule has 0 saturated heterocycles. The van der Waals surface area contributed by atoms with E-state index in [-0.39, 0.29) is 22.4 Å². The van der Waals surface area contributed by atoms with Crippen LogP contribution >= 0.6 is 0 Å². The number of pyridine rings is 1. The normalized spacial score (nSPS) is 12.0. The molecular weight excluding hydrogens is 410 g/mol. The first-order valence-corrected chi connectivity index (χ1v) is 10.4. The minimum Gasteiger partial charge on any atom is -0.345 e. The molecule has 1 N–H and O–H groups in total. The van der Waals surface area contributed by atoms with Gasteiger partial charge in [-0.1, -0.05) is 49.4 Å². The molecule has 32 heavy (non-hydrogen) atoms. The molecular formula is C26H22F2N2O2. The lowest BCUT2D eigenvalue weighted by atomic mass is 10.00. The van der Waals surface area contributed by atoms with E-state index >= 15 is 0 Å². The molecule has 0 spiro atoms. The number of fused-ring (bicyclic) bond motifs is 1. The second kappa shape index (κ2) is 8.75. The molecule has 4 aromatic rings. The molecule has 4 nitrogen and oxygen atoms in total. The van der Waals surface area contributed by atoms with Crippen LogP contribution in [0, 0.1) is 18.6 Å². The van der Waals surface area contributed by atoms with Crippen molar-refractivity contribution in [3.05, 3.63) is 112 Å². The van der Waals surface area contributed by atoms with Gasteiger partial charge in [-0.3, -0.25) is 14.2 Å². The maximum absolute atomic E-state index is 14.8. The van der Waals surface area contributed by atoms with Crippen LogP contribution in [0.3, 0.4) is 0 Å². The molecule has 1 aromatic heterocycles. The monoisotopic (exact) mass is 432 g/mol. The van der Waals surface area contributed by atoms with Crippen LogP contribution < -0.4 is 10.9 Å². The number of nitrogens with zero attached hydrogens (tertiary/aromatic N) is 1. The number of hydrogen-bond acceptors (Lipinski definition) is 2. The van der Waals surface area contributed by atoms with Crippen molar-refractivity contribution in [3.63, 3.8) is 0 Å². The van der Waals surface area contributed by atoms with E-state index in [1.54, 1.807) is 13.0 Å². The number of carbonyl (C=O) groups is 1. The average molecular weight is 432 g/mol. The third-order valence-electron chi connectivity index (χ3n) is 5.62. The van der Waals surface area contributed by atoms with Gasteiger partial charge in [0.05, 0.1) is 17.0 Å². The summed E-state index contributed by atoms with van der Waals surface area (Å²) in [7, 11) is 0. The third kappa shape index (κ3) is 3.80. The van der Waals surface area contributed by atoms with Crippen LogP contribution in [-0.2, 0) is 0 Å². The SMILES string of the molecule is CC[C@H](NC(=O)c1c(C)n(-c2ccc(F)cc2)c(=O)c2c(F)cccc12)c1ccccc1. The lowest BCUT2D eigenvalue weighted by molar-refractivity contribution is 0.0936. The highest BCUT2D eigenvalue weighted by atomic mass is 19.1. The van der Waals surface area contributed by atoms with Crippen LogP contribution in [-0.4, -0.2) is 10.5 Å². The minimum atomic E-state index is -0.715. The third-order valence-corrected chi connectivity index (χ3v) is 5.62. The molecule has 3 aromatic carbocycles. The molecule has 0 aliphatic carbocycles. The van der Waals surface area contributed by atoms with Crippen LogP contribution in [0.1, 0.15) is 41.0 Å². The fraction of sp³-hybridized carbons (Fsp3) is 0.154. The first-order chi connectivity index (χ1) is 15.4. The van der Waals surface area contributed by atoms with E-state index < -0.39 is 23.1 Å². The topological polar surface area (TPSA) is 51.1 Å². The van der Waals surface area contributed by atoms with E-state index in [1.165, 1.54) is 41.0 Å². The Hall–Kier alpha value is -3.80. The van der Waals surface area contributed by atoms with Crippen molar-refractivity contribution >= 4 is 16.7 Å². The van der Waals surface area contributed by atoms with Gasteiger partial charge >= 0.3 is 0 Å². The Balaban J connectivity index is 1.92. The summed E-state index contributed by atoms with van der Waals surface area (Å²) in [6.45, 7) is 3.59. The van der Waals surface area contributed by atoms with Gasteiger partial charge < -0.3 is 5.32 Å². The molecule has 0 saturated carbocycles. The van der Waals surface area contributed by atoms with Crippen LogP contribution in [0.15, 0.2) is 77.6 Å². The summed E-state index contributed by atoms with van der Waals surface area (Å²) in [5.41, 5.74) is 1.25. The van der Waals surface area contributed by atoms with E-state index in [9.17, 15) is 18.4 Å². The number of halogens is 2. The van der Waals surface area contributed by atoms with Crippen molar-refractivity contribution in [2.75, 3.05) is 0 Å². The van der Waals surface area contributed by atoms with Crippen LogP contribution in [0.5, 0.6) is 0 Å². The number of hydrogen-bond donors (Lipinski definition) is 1. The largest absolute Gasteiger partial charge is 0.345 e. The second-order valence-electron chi connectivity index (χ2n) is 7.58. The van der Waals surface area contributed by atoms with E-state index in [0.29, 0.717) is 17.8 Å². The summed E-state index contributed by atoms with van der Waals surface area (Å²) >= 11 is 0. The van der Waals surface area contributed by atoms with Crippen molar-refractivity contribution in [2.24, 2.45) is 0 Å². The summed E-state index contributed by atoms with van der Waals surface area (Å²) in [6, 6.07) is 18.8. The molecule has 1 atom stereocenters. The summed E-state index contributed by atoms with van der Waals surface area (Å²) < 4.78 is 29.5. The van der Waals surface area contributed by atoms with E-state index in [0.717, 1.165) is 5.56 Å². The lowest BCUT2D eigenvalue weighted by Gasteiger charge is -2.21. The van der Waals surface area contributed by atoms with Crippen molar-refractivity contribution in [1.82, 2.24) is 9.88 Å². The Morgan fingerprint density at radius 3 is 2.31 bits per heavy atom. The van der Waals surface area contributed by atoms with Gasteiger partial charge in [0, 0.05) is 16.8 Å². The first kappa shape index (κ1) is 21.4. The Kier molecular flexibility index (Phi) is 5.86. The predicted octanol–water partition coefficient (Wildman–Crippen LogP) is 5.46. The zero-order chi connectivity index (χ0) is 22.8. The first-order valence-electron chi connectivity index (χ1n) is 10.4. The highest BCUT2D eigenvalue weighted by molar-refractivity contribution is 6.08. The predicted molar refractivity (Wildman–Crippen MR) is 121 cm³/mol. The quantitative estimate of drug-likeness (QED) is 0.455. The molecule has 0 fully saturated rings. The summed E-state index contributed by atoms with van der Waals surface area (Å²) in [5, 5.41) is 3.08. The molecule has 162 valence electrons. The molecule has 0 bridgehead atoms. The van der Waals surface area contributed by atoms with Crippen molar-refractivity contribution in [1.29, 1.82) is 0 Å². The summed E-state index contributed by atoms with van der Waals surface area (Å²) in [5.74, 6) is -1.59. The Bertz CT molecular complexity index is 1350. The Labute approximate surface area is 184 Å². The highest BCUT2D eigenvalue weighted by Crippen LogP contribution is 2.25. The number of aromatic nitrogens is 1. The molecule has 0 aliphatic heterocycles. The van der Waals surface area contributed by atoms with Gasteiger partial charge in [0.25, 0.3) is 11.5 Å². The maximum Gasteiger partial charge on any atom is 0.266 e. The zero-order valence-electron chi connectivity index (χ0n) is 17.7. The van der Waals surface area contributed by atoms with E-state index in [2.05, 4.69) is 5.32 Å². The number of rotatable bonds is 5. The molecule has 0 aliphatic rings. The Morgan fingerprint density at radius 2 is 1.66 bits per heavy atom. The summed E-state index contributed by atoms with van der Waals surface area (Å²) in [6.07, 6.45) is 0.651. The number of nitrogens with one attached hydrogen (secondary N) is 1. The van der Waals surface area contributed by atoms with E-state index in [1.807, 2.05) is 37.3 Å². The zero-order valence-corrected chi connectivity index (χ0v) is 17.7. The van der Waals surface area contributed by atoms with E-state index in [4.69, 9.17) is 0 Å². The van der Waals surface area contributed by atoms with Gasteiger partial charge in [-0.25, -0.2) is 8.78 Å². The van der Waals surface area contributed by atoms with Crippen molar-refractivity contribution in [3.8, 4) is 5.69 Å². The minimum absolute atomic E-state index is 0.180. The molecule has 4 rings (SSSR count).